The standard InChI is InChI=1S/C10H13BrFNS/c1-14-6-2-5-13-10-7-8(12)3-4-9(10)11/h3-4,7,13H,2,5-6H2,1H3. The molecule has 0 amide bonds. The predicted molar refractivity (Wildman–Crippen MR) is 65.6 cm³/mol. The maximum Gasteiger partial charge on any atom is 0.125 e. The lowest BCUT2D eigenvalue weighted by Crippen LogP contribution is -2.03. The molecular weight excluding hydrogens is 265 g/mol. The summed E-state index contributed by atoms with van der Waals surface area (Å²) in [6.07, 6.45) is 3.17. The molecule has 1 aromatic carbocycles. The van der Waals surface area contributed by atoms with Gasteiger partial charge in [-0.15, -0.1) is 0 Å². The minimum Gasteiger partial charge on any atom is -0.384 e. The summed E-state index contributed by atoms with van der Waals surface area (Å²) in [5.74, 6) is 0.917. The van der Waals surface area contributed by atoms with Gasteiger partial charge in [-0.1, -0.05) is 0 Å². The third-order valence-electron chi connectivity index (χ3n) is 1.77. The average Bonchev–Trinajstić information content (AvgIpc) is 2.18. The Kier molecular flexibility index (Phi) is 5.33. The fraction of sp³-hybridized carbons (Fsp3) is 0.400. The van der Waals surface area contributed by atoms with Crippen LogP contribution in [0.15, 0.2) is 22.7 Å². The van der Waals surface area contributed by atoms with Crippen LogP contribution in [0, 0.1) is 5.82 Å². The Hall–Kier alpha value is -0.220. The second kappa shape index (κ2) is 6.30. The van der Waals surface area contributed by atoms with Gasteiger partial charge in [0.25, 0.3) is 0 Å². The Bertz CT molecular complexity index is 293. The number of anilines is 1. The van der Waals surface area contributed by atoms with Crippen LogP contribution < -0.4 is 5.32 Å². The van der Waals surface area contributed by atoms with Gasteiger partial charge in [-0.25, -0.2) is 4.39 Å². The number of benzene rings is 1. The highest BCUT2D eigenvalue weighted by molar-refractivity contribution is 9.10. The second-order valence-electron chi connectivity index (χ2n) is 2.90. The number of hydrogen-bond acceptors (Lipinski definition) is 2. The third kappa shape index (κ3) is 3.88. The average molecular weight is 278 g/mol. The summed E-state index contributed by atoms with van der Waals surface area (Å²) in [6.45, 7) is 0.878. The van der Waals surface area contributed by atoms with E-state index in [1.165, 1.54) is 12.1 Å². The Balaban J connectivity index is 2.45. The normalized spacial score (nSPS) is 10.2. The minimum atomic E-state index is -0.208. The van der Waals surface area contributed by atoms with E-state index in [0.717, 1.165) is 28.9 Å². The summed E-state index contributed by atoms with van der Waals surface area (Å²) in [4.78, 5) is 0. The van der Waals surface area contributed by atoms with Crippen LogP contribution in [0.4, 0.5) is 10.1 Å². The summed E-state index contributed by atoms with van der Waals surface area (Å²) < 4.78 is 13.8. The molecule has 0 aliphatic carbocycles. The van der Waals surface area contributed by atoms with Gasteiger partial charge in [0.05, 0.1) is 5.69 Å². The maximum atomic E-state index is 12.9. The second-order valence-corrected chi connectivity index (χ2v) is 4.74. The lowest BCUT2D eigenvalue weighted by Gasteiger charge is -2.07. The summed E-state index contributed by atoms with van der Waals surface area (Å²) in [6, 6.07) is 4.66. The first-order valence-electron chi connectivity index (χ1n) is 4.42. The Morgan fingerprint density at radius 3 is 3.00 bits per heavy atom. The van der Waals surface area contributed by atoms with Crippen LogP contribution in [0.2, 0.25) is 0 Å². The Morgan fingerprint density at radius 2 is 2.29 bits per heavy atom. The molecule has 4 heteroatoms. The van der Waals surface area contributed by atoms with E-state index in [1.807, 2.05) is 11.8 Å². The molecule has 0 heterocycles. The topological polar surface area (TPSA) is 12.0 Å². The van der Waals surface area contributed by atoms with E-state index in [1.54, 1.807) is 6.07 Å². The molecule has 0 aliphatic rings. The molecule has 0 spiro atoms. The van der Waals surface area contributed by atoms with Crippen molar-refractivity contribution in [3.8, 4) is 0 Å². The van der Waals surface area contributed by atoms with E-state index in [2.05, 4.69) is 27.5 Å². The van der Waals surface area contributed by atoms with Gasteiger partial charge in [0.2, 0.25) is 0 Å². The highest BCUT2D eigenvalue weighted by atomic mass is 79.9. The molecule has 0 bridgehead atoms. The molecule has 0 aliphatic heterocycles. The van der Waals surface area contributed by atoms with Crippen molar-refractivity contribution >= 4 is 33.4 Å². The largest absolute Gasteiger partial charge is 0.384 e. The van der Waals surface area contributed by atoms with Crippen LogP contribution in [0.5, 0.6) is 0 Å². The number of thioether (sulfide) groups is 1. The lowest BCUT2D eigenvalue weighted by molar-refractivity contribution is 0.628. The Morgan fingerprint density at radius 1 is 1.50 bits per heavy atom. The van der Waals surface area contributed by atoms with Gasteiger partial charge in [0, 0.05) is 11.0 Å². The summed E-state index contributed by atoms with van der Waals surface area (Å²) >= 11 is 5.18. The molecule has 0 radical (unpaired) electrons. The van der Waals surface area contributed by atoms with Gasteiger partial charge in [0.15, 0.2) is 0 Å². The number of halogens is 2. The van der Waals surface area contributed by atoms with Crippen molar-refractivity contribution in [2.24, 2.45) is 0 Å². The smallest absolute Gasteiger partial charge is 0.125 e. The van der Waals surface area contributed by atoms with E-state index in [9.17, 15) is 4.39 Å². The minimum absolute atomic E-state index is 0.208. The zero-order valence-corrected chi connectivity index (χ0v) is 10.4. The lowest BCUT2D eigenvalue weighted by atomic mass is 10.3. The monoisotopic (exact) mass is 277 g/mol. The van der Waals surface area contributed by atoms with Crippen LogP contribution in [-0.2, 0) is 0 Å². The van der Waals surface area contributed by atoms with E-state index in [4.69, 9.17) is 0 Å². The molecule has 0 atom stereocenters. The van der Waals surface area contributed by atoms with Gasteiger partial charge in [-0.05, 0) is 52.6 Å². The number of rotatable bonds is 5. The number of nitrogens with one attached hydrogen (secondary N) is 1. The predicted octanol–water partition coefficient (Wildman–Crippen LogP) is 3.75. The summed E-state index contributed by atoms with van der Waals surface area (Å²) in [5.41, 5.74) is 0.825. The molecular formula is C10H13BrFNS. The molecule has 1 N–H and O–H groups in total. The van der Waals surface area contributed by atoms with Crippen molar-refractivity contribution in [1.82, 2.24) is 0 Å². The van der Waals surface area contributed by atoms with Gasteiger partial charge >= 0.3 is 0 Å². The SMILES string of the molecule is CSCCCNc1cc(F)ccc1Br. The van der Waals surface area contributed by atoms with E-state index in [-0.39, 0.29) is 5.82 Å². The fourth-order valence-electron chi connectivity index (χ4n) is 1.07. The molecule has 0 saturated heterocycles. The van der Waals surface area contributed by atoms with Gasteiger partial charge in [-0.3, -0.25) is 0 Å². The molecule has 0 saturated carbocycles. The zero-order valence-electron chi connectivity index (χ0n) is 8.02. The van der Waals surface area contributed by atoms with E-state index < -0.39 is 0 Å². The zero-order chi connectivity index (χ0) is 10.4. The highest BCUT2D eigenvalue weighted by Gasteiger charge is 2.00. The maximum absolute atomic E-state index is 12.9. The molecule has 14 heavy (non-hydrogen) atoms. The van der Waals surface area contributed by atoms with Crippen molar-refractivity contribution in [1.29, 1.82) is 0 Å². The van der Waals surface area contributed by atoms with Crippen LogP contribution >= 0.6 is 27.7 Å². The molecule has 78 valence electrons. The van der Waals surface area contributed by atoms with Crippen molar-refractivity contribution in [2.75, 3.05) is 23.9 Å². The first-order chi connectivity index (χ1) is 6.74. The van der Waals surface area contributed by atoms with Crippen LogP contribution in [-0.4, -0.2) is 18.6 Å². The molecule has 0 aromatic heterocycles. The highest BCUT2D eigenvalue weighted by Crippen LogP contribution is 2.22. The summed E-state index contributed by atoms with van der Waals surface area (Å²) in [5, 5.41) is 3.19. The van der Waals surface area contributed by atoms with Crippen LogP contribution in [0.25, 0.3) is 0 Å². The van der Waals surface area contributed by atoms with Crippen molar-refractivity contribution < 1.29 is 4.39 Å². The first-order valence-corrected chi connectivity index (χ1v) is 6.60. The Labute approximate surface area is 96.6 Å². The quantitative estimate of drug-likeness (QED) is 0.823. The van der Waals surface area contributed by atoms with Crippen molar-refractivity contribution in [2.45, 2.75) is 6.42 Å². The van der Waals surface area contributed by atoms with Crippen LogP contribution in [0.3, 0.4) is 0 Å². The van der Waals surface area contributed by atoms with Crippen molar-refractivity contribution in [3.63, 3.8) is 0 Å². The fourth-order valence-corrected chi connectivity index (χ4v) is 1.89. The van der Waals surface area contributed by atoms with E-state index in [0.29, 0.717) is 0 Å². The molecule has 0 unspecified atom stereocenters. The van der Waals surface area contributed by atoms with Crippen molar-refractivity contribution in [3.05, 3.63) is 28.5 Å². The van der Waals surface area contributed by atoms with Gasteiger partial charge < -0.3 is 5.32 Å². The van der Waals surface area contributed by atoms with E-state index >= 15 is 0 Å². The number of hydrogen-bond donors (Lipinski definition) is 1. The van der Waals surface area contributed by atoms with Gasteiger partial charge in [0.1, 0.15) is 5.82 Å². The third-order valence-corrected chi connectivity index (χ3v) is 3.16. The van der Waals surface area contributed by atoms with Crippen LogP contribution in [0.1, 0.15) is 6.42 Å². The molecule has 0 fully saturated rings. The molecule has 1 nitrogen and oxygen atoms in total. The van der Waals surface area contributed by atoms with Gasteiger partial charge in [-0.2, -0.15) is 11.8 Å². The first kappa shape index (κ1) is 11.9. The molecule has 1 aromatic rings. The molecule has 1 rings (SSSR count). The summed E-state index contributed by atoms with van der Waals surface area (Å²) in [7, 11) is 0.